The first-order chi connectivity index (χ1) is 8.99. The molecular weight excluding hydrogens is 278 g/mol. The number of thiocarbonyl (C=S) groups is 1. The van der Waals surface area contributed by atoms with Crippen LogP contribution in [0, 0.1) is 0 Å². The van der Waals surface area contributed by atoms with Gasteiger partial charge in [0.1, 0.15) is 0 Å². The zero-order valence-electron chi connectivity index (χ0n) is 11.5. The van der Waals surface area contributed by atoms with Crippen molar-refractivity contribution in [3.8, 4) is 0 Å². The lowest BCUT2D eigenvalue weighted by Gasteiger charge is -2.33. The second-order valence-corrected chi connectivity index (χ2v) is 7.80. The maximum atomic E-state index is 12.3. The zero-order valence-corrected chi connectivity index (χ0v) is 13.1. The van der Waals surface area contributed by atoms with Crippen LogP contribution in [-0.2, 0) is 4.79 Å². The molecule has 19 heavy (non-hydrogen) atoms. The molecule has 0 bridgehead atoms. The molecule has 0 aliphatic carbocycles. The van der Waals surface area contributed by atoms with E-state index in [1.165, 1.54) is 0 Å². The molecule has 1 atom stereocenters. The molecular formula is C13H23N3OS2. The summed E-state index contributed by atoms with van der Waals surface area (Å²) in [5.41, 5.74) is 5.56. The van der Waals surface area contributed by atoms with E-state index in [0.29, 0.717) is 17.6 Å². The van der Waals surface area contributed by atoms with E-state index in [9.17, 15) is 4.79 Å². The predicted octanol–water partition coefficient (Wildman–Crippen LogP) is 1.14. The summed E-state index contributed by atoms with van der Waals surface area (Å²) >= 11 is 6.72. The Hall–Kier alpha value is -0.330. The third-order valence-corrected chi connectivity index (χ3v) is 5.65. The number of nitrogens with two attached hydrogens (primary N) is 1. The van der Waals surface area contributed by atoms with Crippen LogP contribution in [0.4, 0.5) is 0 Å². The normalized spacial score (nSPS) is 29.3. The number of amides is 1. The van der Waals surface area contributed by atoms with Gasteiger partial charge in [0, 0.05) is 25.7 Å². The monoisotopic (exact) mass is 301 g/mol. The summed E-state index contributed by atoms with van der Waals surface area (Å²) in [6.07, 6.45) is 4.15. The van der Waals surface area contributed by atoms with Gasteiger partial charge in [0.05, 0.1) is 9.74 Å². The highest BCUT2D eigenvalue weighted by Crippen LogP contribution is 2.38. The van der Waals surface area contributed by atoms with Crippen LogP contribution in [0.15, 0.2) is 0 Å². The molecule has 0 aromatic heterocycles. The predicted molar refractivity (Wildman–Crippen MR) is 84.5 cm³/mol. The largest absolute Gasteiger partial charge is 0.392 e. The standard InChI is InChI=1S/C13H23N3OS2/c1-13(5-2-8-19-13)12(17)15-10-3-6-16(7-4-10)9-11(14)18/h10H,2-9H2,1H3,(H2,14,18)(H,15,17). The number of carbonyl (C=O) groups excluding carboxylic acids is 1. The van der Waals surface area contributed by atoms with Gasteiger partial charge in [-0.15, -0.1) is 11.8 Å². The highest BCUT2D eigenvalue weighted by molar-refractivity contribution is 8.01. The molecule has 2 fully saturated rings. The molecule has 0 radical (unpaired) electrons. The first-order valence-corrected chi connectivity index (χ1v) is 8.34. The molecule has 3 N–H and O–H groups in total. The quantitative estimate of drug-likeness (QED) is 0.763. The number of hydrogen-bond donors (Lipinski definition) is 2. The van der Waals surface area contributed by atoms with E-state index in [0.717, 1.165) is 44.5 Å². The smallest absolute Gasteiger partial charge is 0.236 e. The van der Waals surface area contributed by atoms with Gasteiger partial charge in [0.2, 0.25) is 5.91 Å². The van der Waals surface area contributed by atoms with Crippen LogP contribution in [-0.4, -0.2) is 52.0 Å². The SMILES string of the molecule is CC1(C(=O)NC2CCN(CC(N)=S)CC2)CCCS1. The zero-order chi connectivity index (χ0) is 13.9. The Labute approximate surface area is 124 Å². The number of thioether (sulfide) groups is 1. The van der Waals surface area contributed by atoms with Crippen LogP contribution in [0.3, 0.4) is 0 Å². The Bertz CT molecular complexity index is 348. The van der Waals surface area contributed by atoms with Crippen molar-refractivity contribution in [2.24, 2.45) is 5.73 Å². The maximum Gasteiger partial charge on any atom is 0.236 e. The lowest BCUT2D eigenvalue weighted by Crippen LogP contribution is -2.50. The van der Waals surface area contributed by atoms with Crippen LogP contribution in [0.25, 0.3) is 0 Å². The van der Waals surface area contributed by atoms with E-state index < -0.39 is 0 Å². The molecule has 108 valence electrons. The van der Waals surface area contributed by atoms with Crippen molar-refractivity contribution in [2.45, 2.75) is 43.4 Å². The van der Waals surface area contributed by atoms with E-state index in [4.69, 9.17) is 18.0 Å². The molecule has 0 saturated carbocycles. The van der Waals surface area contributed by atoms with E-state index in [2.05, 4.69) is 17.1 Å². The van der Waals surface area contributed by atoms with E-state index >= 15 is 0 Å². The second kappa shape index (κ2) is 6.41. The third kappa shape index (κ3) is 4.07. The molecule has 2 rings (SSSR count). The topological polar surface area (TPSA) is 58.4 Å². The van der Waals surface area contributed by atoms with Gasteiger partial charge in [-0.1, -0.05) is 12.2 Å². The molecule has 0 aromatic carbocycles. The number of likely N-dealkylation sites (tertiary alicyclic amines) is 1. The lowest BCUT2D eigenvalue weighted by atomic mass is 10.0. The Balaban J connectivity index is 1.76. The highest BCUT2D eigenvalue weighted by Gasteiger charge is 2.38. The van der Waals surface area contributed by atoms with Crippen LogP contribution in [0.5, 0.6) is 0 Å². The molecule has 2 saturated heterocycles. The summed E-state index contributed by atoms with van der Waals surface area (Å²) in [6.45, 7) is 4.70. The van der Waals surface area contributed by atoms with Gasteiger partial charge in [-0.25, -0.2) is 0 Å². The number of nitrogens with zero attached hydrogens (tertiary/aromatic N) is 1. The summed E-state index contributed by atoms with van der Waals surface area (Å²) in [6, 6.07) is 0.313. The van der Waals surface area contributed by atoms with Gasteiger partial charge in [-0.3, -0.25) is 9.69 Å². The molecule has 1 unspecified atom stereocenters. The van der Waals surface area contributed by atoms with Gasteiger partial charge in [-0.05, 0) is 38.4 Å². The summed E-state index contributed by atoms with van der Waals surface area (Å²) in [4.78, 5) is 15.1. The summed E-state index contributed by atoms with van der Waals surface area (Å²) in [7, 11) is 0. The molecule has 4 nitrogen and oxygen atoms in total. The van der Waals surface area contributed by atoms with Gasteiger partial charge >= 0.3 is 0 Å². The van der Waals surface area contributed by atoms with Crippen LogP contribution in [0.2, 0.25) is 0 Å². The fraction of sp³-hybridized carbons (Fsp3) is 0.846. The minimum absolute atomic E-state index is 0.198. The fourth-order valence-electron chi connectivity index (χ4n) is 2.75. The van der Waals surface area contributed by atoms with Crippen LogP contribution >= 0.6 is 24.0 Å². The first kappa shape index (κ1) is 15.1. The van der Waals surface area contributed by atoms with Crippen molar-refractivity contribution in [1.82, 2.24) is 10.2 Å². The Morgan fingerprint density at radius 2 is 2.21 bits per heavy atom. The number of nitrogens with one attached hydrogen (secondary N) is 1. The number of piperidine rings is 1. The second-order valence-electron chi connectivity index (χ2n) is 5.67. The Morgan fingerprint density at radius 3 is 2.74 bits per heavy atom. The average Bonchev–Trinajstić information content (AvgIpc) is 2.79. The van der Waals surface area contributed by atoms with Gasteiger partial charge in [0.15, 0.2) is 0 Å². The third-order valence-electron chi connectivity index (χ3n) is 4.00. The molecule has 2 aliphatic rings. The average molecular weight is 301 g/mol. The molecule has 0 aromatic rings. The molecule has 2 heterocycles. The van der Waals surface area contributed by atoms with Crippen molar-refractivity contribution in [2.75, 3.05) is 25.4 Å². The van der Waals surface area contributed by atoms with Crippen molar-refractivity contribution in [1.29, 1.82) is 0 Å². The van der Waals surface area contributed by atoms with Crippen molar-refractivity contribution in [3.63, 3.8) is 0 Å². The summed E-state index contributed by atoms with van der Waals surface area (Å²) < 4.78 is -0.198. The van der Waals surface area contributed by atoms with Crippen molar-refractivity contribution in [3.05, 3.63) is 0 Å². The lowest BCUT2D eigenvalue weighted by molar-refractivity contribution is -0.124. The number of hydrogen-bond acceptors (Lipinski definition) is 4. The van der Waals surface area contributed by atoms with E-state index in [1.807, 2.05) is 0 Å². The molecule has 2 aliphatic heterocycles. The van der Waals surface area contributed by atoms with Gasteiger partial charge in [-0.2, -0.15) is 0 Å². The fourth-order valence-corrected chi connectivity index (χ4v) is 4.15. The highest BCUT2D eigenvalue weighted by atomic mass is 32.2. The summed E-state index contributed by atoms with van der Waals surface area (Å²) in [5, 5.41) is 3.22. The van der Waals surface area contributed by atoms with Crippen molar-refractivity contribution < 1.29 is 4.79 Å². The maximum absolute atomic E-state index is 12.3. The molecule has 6 heteroatoms. The first-order valence-electron chi connectivity index (χ1n) is 6.95. The van der Waals surface area contributed by atoms with E-state index in [1.54, 1.807) is 11.8 Å². The molecule has 0 spiro atoms. The minimum Gasteiger partial charge on any atom is -0.392 e. The molecule has 1 amide bonds. The van der Waals surface area contributed by atoms with Crippen LogP contribution < -0.4 is 11.1 Å². The van der Waals surface area contributed by atoms with Crippen molar-refractivity contribution >= 4 is 34.9 Å². The summed E-state index contributed by atoms with van der Waals surface area (Å²) in [5.74, 6) is 1.33. The van der Waals surface area contributed by atoms with E-state index in [-0.39, 0.29) is 10.7 Å². The number of rotatable bonds is 4. The van der Waals surface area contributed by atoms with Gasteiger partial charge in [0.25, 0.3) is 0 Å². The van der Waals surface area contributed by atoms with Crippen LogP contribution in [0.1, 0.15) is 32.6 Å². The number of carbonyl (C=O) groups is 1. The van der Waals surface area contributed by atoms with Gasteiger partial charge < -0.3 is 11.1 Å². The minimum atomic E-state index is -0.198. The Morgan fingerprint density at radius 1 is 1.53 bits per heavy atom. The Kier molecular flexibility index (Phi) is 5.09.